The average Bonchev–Trinajstić information content (AvgIpc) is 2.13. The van der Waals surface area contributed by atoms with Crippen LogP contribution in [-0.2, 0) is 0 Å². The lowest BCUT2D eigenvalue weighted by atomic mass is 10.2. The van der Waals surface area contributed by atoms with E-state index in [1.807, 2.05) is 6.92 Å². The second-order valence-corrected chi connectivity index (χ2v) is 3.35. The Morgan fingerprint density at radius 3 is 2.46 bits per heavy atom. The highest BCUT2D eigenvalue weighted by molar-refractivity contribution is 5.25. The monoisotopic (exact) mass is 179 g/mol. The summed E-state index contributed by atoms with van der Waals surface area (Å²) in [6, 6.07) is 0. The lowest BCUT2D eigenvalue weighted by molar-refractivity contribution is 0.386. The Kier molecular flexibility index (Phi) is 6.25. The molecule has 0 amide bonds. The zero-order chi connectivity index (χ0) is 10.3. The van der Waals surface area contributed by atoms with Gasteiger partial charge in [-0.15, -0.1) is 0 Å². The second kappa shape index (κ2) is 6.67. The van der Waals surface area contributed by atoms with Gasteiger partial charge in [-0.05, 0) is 33.0 Å². The second-order valence-electron chi connectivity index (χ2n) is 3.35. The van der Waals surface area contributed by atoms with E-state index in [-0.39, 0.29) is 0 Å². The van der Waals surface area contributed by atoms with Crippen LogP contribution in [0.15, 0.2) is 36.0 Å². The van der Waals surface area contributed by atoms with E-state index in [0.717, 1.165) is 18.7 Å². The highest BCUT2D eigenvalue weighted by atomic mass is 15.1. The highest BCUT2D eigenvalue weighted by Gasteiger charge is 1.94. The smallest absolute Gasteiger partial charge is 0.0224 e. The third-order valence-corrected chi connectivity index (χ3v) is 2.05. The van der Waals surface area contributed by atoms with E-state index in [9.17, 15) is 0 Å². The Bertz CT molecular complexity index is 211. The first-order valence-electron chi connectivity index (χ1n) is 4.77. The molecule has 0 aromatic rings. The fourth-order valence-corrected chi connectivity index (χ4v) is 0.857. The van der Waals surface area contributed by atoms with Gasteiger partial charge in [0.15, 0.2) is 0 Å². The van der Waals surface area contributed by atoms with Gasteiger partial charge in [-0.1, -0.05) is 37.3 Å². The number of rotatable bonds is 5. The van der Waals surface area contributed by atoms with Crippen molar-refractivity contribution in [2.45, 2.75) is 20.8 Å². The molecule has 74 valence electrons. The van der Waals surface area contributed by atoms with E-state index < -0.39 is 0 Å². The SMILES string of the molecule is C=C(/C=C\C(C)=C/C)CN(C)CC. The lowest BCUT2D eigenvalue weighted by Gasteiger charge is -2.13. The molecule has 0 saturated carbocycles. The van der Waals surface area contributed by atoms with Crippen LogP contribution in [0.4, 0.5) is 0 Å². The van der Waals surface area contributed by atoms with Crippen LogP contribution in [0.2, 0.25) is 0 Å². The highest BCUT2D eigenvalue weighted by Crippen LogP contribution is 2.00. The van der Waals surface area contributed by atoms with Gasteiger partial charge < -0.3 is 4.90 Å². The number of allylic oxidation sites excluding steroid dienone is 3. The summed E-state index contributed by atoms with van der Waals surface area (Å²) < 4.78 is 0. The molecular weight excluding hydrogens is 158 g/mol. The molecule has 0 rings (SSSR count). The summed E-state index contributed by atoms with van der Waals surface area (Å²) >= 11 is 0. The van der Waals surface area contributed by atoms with Gasteiger partial charge in [0.25, 0.3) is 0 Å². The van der Waals surface area contributed by atoms with Crippen molar-refractivity contribution in [2.24, 2.45) is 0 Å². The molecule has 0 spiro atoms. The first-order valence-corrected chi connectivity index (χ1v) is 4.77. The van der Waals surface area contributed by atoms with Gasteiger partial charge >= 0.3 is 0 Å². The van der Waals surface area contributed by atoms with Gasteiger partial charge in [0.05, 0.1) is 0 Å². The van der Waals surface area contributed by atoms with Crippen molar-refractivity contribution in [3.05, 3.63) is 36.0 Å². The van der Waals surface area contributed by atoms with Crippen LogP contribution >= 0.6 is 0 Å². The number of likely N-dealkylation sites (N-methyl/N-ethyl adjacent to an activating group) is 1. The Hall–Kier alpha value is -0.820. The molecule has 0 fully saturated rings. The van der Waals surface area contributed by atoms with Crippen molar-refractivity contribution in [3.8, 4) is 0 Å². The molecule has 0 bridgehead atoms. The number of hydrogen-bond donors (Lipinski definition) is 0. The van der Waals surface area contributed by atoms with Crippen molar-refractivity contribution in [1.29, 1.82) is 0 Å². The summed E-state index contributed by atoms with van der Waals surface area (Å²) in [5.41, 5.74) is 2.44. The summed E-state index contributed by atoms with van der Waals surface area (Å²) in [5.74, 6) is 0. The van der Waals surface area contributed by atoms with E-state index in [4.69, 9.17) is 0 Å². The van der Waals surface area contributed by atoms with Crippen molar-refractivity contribution < 1.29 is 0 Å². The first-order chi connectivity index (χ1) is 6.10. The third kappa shape index (κ3) is 6.35. The molecular formula is C12H21N. The Labute approximate surface area is 82.4 Å². The van der Waals surface area contributed by atoms with Gasteiger partial charge in [-0.3, -0.25) is 0 Å². The van der Waals surface area contributed by atoms with E-state index in [2.05, 4.69) is 50.6 Å². The van der Waals surface area contributed by atoms with E-state index in [0.29, 0.717) is 0 Å². The molecule has 1 heteroatoms. The van der Waals surface area contributed by atoms with Gasteiger partial charge in [-0.2, -0.15) is 0 Å². The zero-order valence-corrected chi connectivity index (χ0v) is 9.30. The lowest BCUT2D eigenvalue weighted by Crippen LogP contribution is -2.19. The maximum Gasteiger partial charge on any atom is 0.0224 e. The molecule has 0 N–H and O–H groups in total. The van der Waals surface area contributed by atoms with Crippen LogP contribution in [0.25, 0.3) is 0 Å². The van der Waals surface area contributed by atoms with Crippen molar-refractivity contribution in [1.82, 2.24) is 4.90 Å². The zero-order valence-electron chi connectivity index (χ0n) is 9.30. The van der Waals surface area contributed by atoms with E-state index in [1.165, 1.54) is 5.57 Å². The quantitative estimate of drug-likeness (QED) is 0.586. The molecule has 0 aliphatic rings. The molecule has 13 heavy (non-hydrogen) atoms. The third-order valence-electron chi connectivity index (χ3n) is 2.05. The van der Waals surface area contributed by atoms with Crippen molar-refractivity contribution >= 4 is 0 Å². The Morgan fingerprint density at radius 1 is 1.38 bits per heavy atom. The minimum absolute atomic E-state index is 0.948. The summed E-state index contributed by atoms with van der Waals surface area (Å²) in [6.45, 7) is 12.3. The summed E-state index contributed by atoms with van der Waals surface area (Å²) in [4.78, 5) is 2.23. The van der Waals surface area contributed by atoms with Crippen LogP contribution in [0.1, 0.15) is 20.8 Å². The molecule has 0 aliphatic heterocycles. The van der Waals surface area contributed by atoms with Crippen LogP contribution < -0.4 is 0 Å². The minimum Gasteiger partial charge on any atom is -0.302 e. The van der Waals surface area contributed by atoms with E-state index in [1.54, 1.807) is 0 Å². The maximum absolute atomic E-state index is 3.99. The number of nitrogens with zero attached hydrogens (tertiary/aromatic N) is 1. The molecule has 0 aliphatic carbocycles. The summed E-state index contributed by atoms with van der Waals surface area (Å²) in [5, 5.41) is 0. The van der Waals surface area contributed by atoms with Crippen molar-refractivity contribution in [2.75, 3.05) is 20.1 Å². The fourth-order valence-electron chi connectivity index (χ4n) is 0.857. The van der Waals surface area contributed by atoms with Crippen LogP contribution in [-0.4, -0.2) is 25.0 Å². The predicted octanol–water partition coefficient (Wildman–Crippen LogP) is 3.02. The first kappa shape index (κ1) is 12.2. The molecule has 0 saturated heterocycles. The largest absolute Gasteiger partial charge is 0.302 e. The molecule has 0 aromatic carbocycles. The van der Waals surface area contributed by atoms with Crippen LogP contribution in [0, 0.1) is 0 Å². The van der Waals surface area contributed by atoms with Crippen LogP contribution in [0.5, 0.6) is 0 Å². The molecule has 0 radical (unpaired) electrons. The van der Waals surface area contributed by atoms with Crippen molar-refractivity contribution in [3.63, 3.8) is 0 Å². The van der Waals surface area contributed by atoms with Gasteiger partial charge in [-0.25, -0.2) is 0 Å². The van der Waals surface area contributed by atoms with Gasteiger partial charge in [0.2, 0.25) is 0 Å². The molecule has 0 unspecified atom stereocenters. The molecule has 0 heterocycles. The fraction of sp³-hybridized carbons (Fsp3) is 0.500. The minimum atomic E-state index is 0.948. The Morgan fingerprint density at radius 2 is 2.00 bits per heavy atom. The van der Waals surface area contributed by atoms with Gasteiger partial charge in [0.1, 0.15) is 0 Å². The number of hydrogen-bond acceptors (Lipinski definition) is 1. The molecule has 0 atom stereocenters. The average molecular weight is 179 g/mol. The summed E-state index contributed by atoms with van der Waals surface area (Å²) in [7, 11) is 2.10. The van der Waals surface area contributed by atoms with Gasteiger partial charge in [0, 0.05) is 6.54 Å². The maximum atomic E-state index is 3.99. The standard InChI is InChI=1S/C12H21N/c1-6-11(3)8-9-12(4)10-13(5)7-2/h6,8-9H,4,7,10H2,1-3,5H3/b9-8-,11-6-. The topological polar surface area (TPSA) is 3.24 Å². The normalized spacial score (nSPS) is 12.8. The Balaban J connectivity index is 3.94. The molecule has 0 aromatic heterocycles. The molecule has 1 nitrogen and oxygen atoms in total. The predicted molar refractivity (Wildman–Crippen MR) is 60.9 cm³/mol. The van der Waals surface area contributed by atoms with Crippen LogP contribution in [0.3, 0.4) is 0 Å². The van der Waals surface area contributed by atoms with E-state index >= 15 is 0 Å². The summed E-state index contributed by atoms with van der Waals surface area (Å²) in [6.07, 6.45) is 6.28.